The van der Waals surface area contributed by atoms with Gasteiger partial charge in [0.2, 0.25) is 15.9 Å². The van der Waals surface area contributed by atoms with Crippen molar-refractivity contribution in [2.24, 2.45) is 0 Å². The van der Waals surface area contributed by atoms with Crippen LogP contribution in [0, 0.1) is 0 Å². The number of hydrogen-bond acceptors (Lipinski definition) is 6. The third kappa shape index (κ3) is 3.83. The summed E-state index contributed by atoms with van der Waals surface area (Å²) in [5.41, 5.74) is 0. The molecule has 10 heteroatoms. The third-order valence-corrected chi connectivity index (χ3v) is 3.73. The van der Waals surface area contributed by atoms with Crippen molar-refractivity contribution < 1.29 is 13.2 Å². The van der Waals surface area contributed by atoms with Gasteiger partial charge in [-0.25, -0.2) is 13.1 Å². The molecule has 0 saturated heterocycles. The van der Waals surface area contributed by atoms with Gasteiger partial charge < -0.3 is 5.32 Å². The number of aromatic amines is 1. The summed E-state index contributed by atoms with van der Waals surface area (Å²) < 4.78 is 25.9. The first-order valence-electron chi connectivity index (χ1n) is 5.62. The van der Waals surface area contributed by atoms with Crippen LogP contribution in [0.2, 0.25) is 0 Å². The number of benzene rings is 1. The van der Waals surface area contributed by atoms with E-state index in [1.54, 1.807) is 18.2 Å². The first-order chi connectivity index (χ1) is 9.58. The van der Waals surface area contributed by atoms with E-state index in [4.69, 9.17) is 0 Å². The highest BCUT2D eigenvalue weighted by Crippen LogP contribution is 2.06. The summed E-state index contributed by atoms with van der Waals surface area (Å²) in [4.78, 5) is 11.6. The first-order valence-corrected chi connectivity index (χ1v) is 7.10. The fourth-order valence-electron chi connectivity index (χ4n) is 1.34. The van der Waals surface area contributed by atoms with Crippen LogP contribution in [-0.4, -0.2) is 41.5 Å². The fourth-order valence-corrected chi connectivity index (χ4v) is 2.34. The van der Waals surface area contributed by atoms with Crippen molar-refractivity contribution in [2.45, 2.75) is 11.4 Å². The molecule has 0 atom stereocenters. The lowest BCUT2D eigenvalue weighted by Gasteiger charge is -2.06. The van der Waals surface area contributed by atoms with Gasteiger partial charge >= 0.3 is 0 Å². The summed E-state index contributed by atoms with van der Waals surface area (Å²) >= 11 is 0. The minimum atomic E-state index is -3.69. The van der Waals surface area contributed by atoms with E-state index in [2.05, 4.69) is 30.7 Å². The number of aromatic nitrogens is 4. The Kier molecular flexibility index (Phi) is 4.38. The van der Waals surface area contributed by atoms with Crippen LogP contribution in [-0.2, 0) is 21.4 Å². The number of tetrazole rings is 1. The molecule has 0 bridgehead atoms. The third-order valence-electron chi connectivity index (χ3n) is 2.31. The molecule has 0 aliphatic carbocycles. The number of amides is 1. The Morgan fingerprint density at radius 3 is 2.65 bits per heavy atom. The lowest BCUT2D eigenvalue weighted by Crippen LogP contribution is -2.36. The van der Waals surface area contributed by atoms with Crippen LogP contribution in [0.4, 0.5) is 0 Å². The summed E-state index contributed by atoms with van der Waals surface area (Å²) in [5.74, 6) is -0.182. The zero-order chi connectivity index (χ0) is 14.4. The van der Waals surface area contributed by atoms with Crippen molar-refractivity contribution in [3.8, 4) is 0 Å². The van der Waals surface area contributed by atoms with Gasteiger partial charge in [-0.05, 0) is 12.1 Å². The summed E-state index contributed by atoms with van der Waals surface area (Å²) in [7, 11) is -3.69. The Bertz CT molecular complexity index is 656. The zero-order valence-electron chi connectivity index (χ0n) is 10.3. The van der Waals surface area contributed by atoms with Gasteiger partial charge in [-0.15, -0.1) is 10.2 Å². The molecule has 0 fully saturated rings. The molecule has 106 valence electrons. The highest BCUT2D eigenvalue weighted by molar-refractivity contribution is 7.89. The summed E-state index contributed by atoms with van der Waals surface area (Å²) in [6, 6.07) is 7.80. The maximum Gasteiger partial charge on any atom is 0.241 e. The lowest BCUT2D eigenvalue weighted by atomic mass is 10.4. The molecule has 0 unspecified atom stereocenters. The molecule has 0 saturated carbocycles. The van der Waals surface area contributed by atoms with Crippen LogP contribution in [0.25, 0.3) is 0 Å². The normalized spacial score (nSPS) is 11.2. The average Bonchev–Trinajstić information content (AvgIpc) is 2.97. The Morgan fingerprint density at radius 1 is 1.25 bits per heavy atom. The van der Waals surface area contributed by atoms with Gasteiger partial charge in [-0.3, -0.25) is 4.79 Å². The quantitative estimate of drug-likeness (QED) is 0.613. The Hall–Kier alpha value is -2.33. The molecule has 1 aromatic carbocycles. The van der Waals surface area contributed by atoms with E-state index in [0.717, 1.165) is 0 Å². The number of sulfonamides is 1. The van der Waals surface area contributed by atoms with Crippen molar-refractivity contribution in [1.29, 1.82) is 0 Å². The van der Waals surface area contributed by atoms with Crippen LogP contribution in [0.5, 0.6) is 0 Å². The zero-order valence-corrected chi connectivity index (χ0v) is 11.1. The van der Waals surface area contributed by atoms with Crippen LogP contribution in [0.1, 0.15) is 5.82 Å². The molecule has 1 heterocycles. The second kappa shape index (κ2) is 6.21. The molecule has 3 N–H and O–H groups in total. The Labute approximate surface area is 114 Å². The summed E-state index contributed by atoms with van der Waals surface area (Å²) in [6.07, 6.45) is 0. The van der Waals surface area contributed by atoms with Gasteiger partial charge in [0.15, 0.2) is 5.82 Å². The lowest BCUT2D eigenvalue weighted by molar-refractivity contribution is -0.120. The highest BCUT2D eigenvalue weighted by Gasteiger charge is 2.14. The van der Waals surface area contributed by atoms with Gasteiger partial charge in [0.05, 0.1) is 18.0 Å². The van der Waals surface area contributed by atoms with E-state index in [0.29, 0.717) is 5.82 Å². The smallest absolute Gasteiger partial charge is 0.241 e. The number of nitrogens with one attached hydrogen (secondary N) is 3. The van der Waals surface area contributed by atoms with Crippen LogP contribution in [0.3, 0.4) is 0 Å². The largest absolute Gasteiger partial charge is 0.348 e. The van der Waals surface area contributed by atoms with Crippen LogP contribution in [0.15, 0.2) is 35.2 Å². The average molecular weight is 296 g/mol. The molecule has 0 aliphatic heterocycles. The number of carbonyl (C=O) groups is 1. The van der Waals surface area contributed by atoms with Gasteiger partial charge in [0, 0.05) is 0 Å². The highest BCUT2D eigenvalue weighted by atomic mass is 32.2. The SMILES string of the molecule is O=C(CNS(=O)(=O)c1ccccc1)NCc1nn[nH]n1. The molecule has 1 aromatic heterocycles. The van der Waals surface area contributed by atoms with E-state index in [1.807, 2.05) is 0 Å². The number of nitrogens with zero attached hydrogens (tertiary/aromatic N) is 3. The summed E-state index contributed by atoms with van der Waals surface area (Å²) in [6.45, 7) is -0.294. The molecule has 2 aromatic rings. The van der Waals surface area contributed by atoms with Crippen molar-refractivity contribution >= 4 is 15.9 Å². The van der Waals surface area contributed by atoms with Gasteiger partial charge in [0.1, 0.15) is 0 Å². The molecule has 0 aliphatic rings. The monoisotopic (exact) mass is 296 g/mol. The first kappa shape index (κ1) is 14.1. The van der Waals surface area contributed by atoms with E-state index in [9.17, 15) is 13.2 Å². The van der Waals surface area contributed by atoms with E-state index in [-0.39, 0.29) is 18.0 Å². The van der Waals surface area contributed by atoms with E-state index >= 15 is 0 Å². The number of H-pyrrole nitrogens is 1. The molecule has 0 radical (unpaired) electrons. The van der Waals surface area contributed by atoms with Crippen LogP contribution < -0.4 is 10.0 Å². The van der Waals surface area contributed by atoms with Crippen LogP contribution >= 0.6 is 0 Å². The van der Waals surface area contributed by atoms with E-state index < -0.39 is 15.9 Å². The van der Waals surface area contributed by atoms with Crippen molar-refractivity contribution in [3.05, 3.63) is 36.2 Å². The molecule has 0 spiro atoms. The van der Waals surface area contributed by atoms with Gasteiger partial charge in [0.25, 0.3) is 0 Å². The maximum absolute atomic E-state index is 11.8. The fraction of sp³-hybridized carbons (Fsp3) is 0.200. The van der Waals surface area contributed by atoms with Gasteiger partial charge in [-0.2, -0.15) is 5.21 Å². The molecule has 9 nitrogen and oxygen atoms in total. The van der Waals surface area contributed by atoms with Crippen molar-refractivity contribution in [3.63, 3.8) is 0 Å². The van der Waals surface area contributed by atoms with Gasteiger partial charge in [-0.1, -0.05) is 23.4 Å². The van der Waals surface area contributed by atoms with Crippen molar-refractivity contribution in [1.82, 2.24) is 30.7 Å². The van der Waals surface area contributed by atoms with E-state index in [1.165, 1.54) is 12.1 Å². The Balaban J connectivity index is 1.84. The molecular weight excluding hydrogens is 284 g/mol. The molecule has 20 heavy (non-hydrogen) atoms. The standard InChI is InChI=1S/C10H12N6O3S/c17-10(11-6-9-13-15-16-14-9)7-12-20(18,19)8-4-2-1-3-5-8/h1-5,12H,6-7H2,(H,11,17)(H,13,14,15,16). The predicted octanol–water partition coefficient (Wildman–Crippen LogP) is -1.21. The second-order valence-electron chi connectivity index (χ2n) is 3.74. The second-order valence-corrected chi connectivity index (χ2v) is 5.51. The molecule has 2 rings (SSSR count). The topological polar surface area (TPSA) is 130 Å². The maximum atomic E-state index is 11.8. The minimum Gasteiger partial charge on any atom is -0.348 e. The number of rotatable bonds is 6. The molecular formula is C10H12N6O3S. The predicted molar refractivity (Wildman–Crippen MR) is 67.7 cm³/mol. The van der Waals surface area contributed by atoms with Crippen molar-refractivity contribution in [2.75, 3.05) is 6.54 Å². The summed E-state index contributed by atoms with van der Waals surface area (Å²) in [5, 5.41) is 15.3. The number of hydrogen-bond donors (Lipinski definition) is 3. The molecule has 1 amide bonds. The minimum absolute atomic E-state index is 0.0718. The number of carbonyl (C=O) groups excluding carboxylic acids is 1. The Morgan fingerprint density at radius 2 is 2.00 bits per heavy atom.